The summed E-state index contributed by atoms with van der Waals surface area (Å²) in [5.41, 5.74) is 1.04. The van der Waals surface area contributed by atoms with E-state index in [0.717, 1.165) is 22.5 Å². The van der Waals surface area contributed by atoms with E-state index < -0.39 is 9.84 Å². The normalized spacial score (nSPS) is 17.2. The number of amides is 1. The molecule has 1 atom stereocenters. The summed E-state index contributed by atoms with van der Waals surface area (Å²) in [6, 6.07) is 10.2. The fourth-order valence-electron chi connectivity index (χ4n) is 2.62. The molecule has 2 aromatic carbocycles. The summed E-state index contributed by atoms with van der Waals surface area (Å²) in [6.45, 7) is 0. The van der Waals surface area contributed by atoms with Crippen molar-refractivity contribution in [2.75, 3.05) is 12.0 Å². The Kier molecular flexibility index (Phi) is 4.64. The number of rotatable bonds is 3. The van der Waals surface area contributed by atoms with Crippen LogP contribution in [0.4, 0.5) is 4.39 Å². The van der Waals surface area contributed by atoms with Gasteiger partial charge in [0.25, 0.3) is 5.91 Å². The van der Waals surface area contributed by atoms with Crippen LogP contribution in [0.5, 0.6) is 0 Å². The Labute approximate surface area is 144 Å². The Balaban J connectivity index is 1.85. The zero-order valence-corrected chi connectivity index (χ0v) is 14.6. The molecule has 0 unspecified atom stereocenters. The zero-order valence-electron chi connectivity index (χ0n) is 13.0. The summed E-state index contributed by atoms with van der Waals surface area (Å²) >= 11 is 1.63. The van der Waals surface area contributed by atoms with Crippen molar-refractivity contribution in [3.05, 3.63) is 59.4 Å². The highest BCUT2D eigenvalue weighted by Gasteiger charge is 2.23. The van der Waals surface area contributed by atoms with Gasteiger partial charge in [0.2, 0.25) is 0 Å². The minimum absolute atomic E-state index is 0.0980. The first kappa shape index (κ1) is 17.0. The van der Waals surface area contributed by atoms with Crippen molar-refractivity contribution in [3.8, 4) is 0 Å². The highest BCUT2D eigenvalue weighted by molar-refractivity contribution is 7.99. The molecule has 0 bridgehead atoms. The average molecular weight is 365 g/mol. The fraction of sp³-hybridized carbons (Fsp3) is 0.235. The second kappa shape index (κ2) is 6.57. The lowest BCUT2D eigenvalue weighted by Gasteiger charge is -2.26. The van der Waals surface area contributed by atoms with Crippen molar-refractivity contribution in [2.45, 2.75) is 22.3 Å². The molecular weight excluding hydrogens is 349 g/mol. The molecule has 0 radical (unpaired) electrons. The molecule has 0 aromatic heterocycles. The van der Waals surface area contributed by atoms with E-state index in [1.54, 1.807) is 23.9 Å². The number of hydrogen-bond donors (Lipinski definition) is 1. The minimum Gasteiger partial charge on any atom is -0.345 e. The molecule has 126 valence electrons. The number of carbonyl (C=O) groups is 1. The van der Waals surface area contributed by atoms with Crippen molar-refractivity contribution in [2.24, 2.45) is 0 Å². The Morgan fingerprint density at radius 2 is 2.04 bits per heavy atom. The maximum atomic E-state index is 13.5. The molecule has 1 amide bonds. The molecule has 2 aromatic rings. The van der Waals surface area contributed by atoms with Gasteiger partial charge in [0.1, 0.15) is 5.82 Å². The van der Waals surface area contributed by atoms with E-state index in [2.05, 4.69) is 5.32 Å². The lowest BCUT2D eigenvalue weighted by Crippen LogP contribution is -2.30. The van der Waals surface area contributed by atoms with Gasteiger partial charge in [0, 0.05) is 22.5 Å². The van der Waals surface area contributed by atoms with Gasteiger partial charge in [-0.3, -0.25) is 4.79 Å². The molecule has 7 heteroatoms. The van der Waals surface area contributed by atoms with Crippen molar-refractivity contribution >= 4 is 27.5 Å². The second-order valence-electron chi connectivity index (χ2n) is 5.65. The van der Waals surface area contributed by atoms with Crippen molar-refractivity contribution in [1.82, 2.24) is 5.32 Å². The van der Waals surface area contributed by atoms with Gasteiger partial charge in [-0.15, -0.1) is 11.8 Å². The lowest BCUT2D eigenvalue weighted by atomic mass is 10.0. The maximum Gasteiger partial charge on any atom is 0.251 e. The van der Waals surface area contributed by atoms with Crippen LogP contribution in [0.25, 0.3) is 0 Å². The Morgan fingerprint density at radius 1 is 1.25 bits per heavy atom. The number of sulfone groups is 1. The van der Waals surface area contributed by atoms with Crippen LogP contribution in [0.3, 0.4) is 0 Å². The first-order valence-electron chi connectivity index (χ1n) is 7.38. The Bertz CT molecular complexity index is 896. The topological polar surface area (TPSA) is 63.2 Å². The van der Waals surface area contributed by atoms with E-state index >= 15 is 0 Å². The summed E-state index contributed by atoms with van der Waals surface area (Å²) in [7, 11) is -3.38. The predicted octanol–water partition coefficient (Wildman–Crippen LogP) is 3.20. The van der Waals surface area contributed by atoms with Crippen LogP contribution < -0.4 is 5.32 Å². The number of nitrogens with one attached hydrogen (secondary N) is 1. The van der Waals surface area contributed by atoms with Crippen LogP contribution in [0.15, 0.2) is 52.3 Å². The number of carbonyl (C=O) groups excluding carboxylic acids is 1. The summed E-state index contributed by atoms with van der Waals surface area (Å²) < 4.78 is 36.8. The van der Waals surface area contributed by atoms with E-state index in [1.807, 2.05) is 0 Å². The van der Waals surface area contributed by atoms with Crippen molar-refractivity contribution in [3.63, 3.8) is 0 Å². The van der Waals surface area contributed by atoms with Gasteiger partial charge in [0.05, 0.1) is 10.9 Å². The van der Waals surface area contributed by atoms with Gasteiger partial charge in [-0.25, -0.2) is 12.8 Å². The van der Waals surface area contributed by atoms with E-state index in [4.69, 9.17) is 0 Å². The molecule has 0 saturated heterocycles. The number of thioether (sulfide) groups is 1. The summed E-state index contributed by atoms with van der Waals surface area (Å²) in [4.78, 5) is 13.5. The van der Waals surface area contributed by atoms with Crippen LogP contribution in [-0.4, -0.2) is 26.3 Å². The highest BCUT2D eigenvalue weighted by atomic mass is 32.2. The molecule has 0 aliphatic carbocycles. The molecule has 0 spiro atoms. The van der Waals surface area contributed by atoms with Crippen LogP contribution in [-0.2, 0) is 9.84 Å². The largest absolute Gasteiger partial charge is 0.345 e. The van der Waals surface area contributed by atoms with Gasteiger partial charge in [0.15, 0.2) is 9.84 Å². The Hall–Kier alpha value is -1.86. The predicted molar refractivity (Wildman–Crippen MR) is 91.5 cm³/mol. The molecular formula is C17H16FNO3S2. The molecule has 1 N–H and O–H groups in total. The highest BCUT2D eigenvalue weighted by Crippen LogP contribution is 2.36. The SMILES string of the molecule is CS(=O)(=O)c1cccc(C(=O)N[C@@H]2CCSc3ccc(F)cc32)c1. The first-order chi connectivity index (χ1) is 11.3. The number of fused-ring (bicyclic) bond motifs is 1. The van der Waals surface area contributed by atoms with Gasteiger partial charge >= 0.3 is 0 Å². The maximum absolute atomic E-state index is 13.5. The fourth-order valence-corrected chi connectivity index (χ4v) is 4.40. The second-order valence-corrected chi connectivity index (χ2v) is 8.80. The van der Waals surface area contributed by atoms with Crippen LogP contribution in [0, 0.1) is 5.82 Å². The van der Waals surface area contributed by atoms with E-state index in [9.17, 15) is 17.6 Å². The van der Waals surface area contributed by atoms with Gasteiger partial charge in [-0.2, -0.15) is 0 Å². The molecule has 1 aliphatic heterocycles. The molecule has 1 heterocycles. The molecule has 4 nitrogen and oxygen atoms in total. The third-order valence-electron chi connectivity index (χ3n) is 3.84. The standard InChI is InChI=1S/C17H16FNO3S2/c1-24(21,22)13-4-2-3-11(9-13)17(20)19-15-7-8-23-16-6-5-12(18)10-14(15)16/h2-6,9-10,15H,7-8H2,1H3,(H,19,20)/t15-/m1/s1. The molecule has 0 fully saturated rings. The van der Waals surface area contributed by atoms with Crippen molar-refractivity contribution in [1.29, 1.82) is 0 Å². The van der Waals surface area contributed by atoms with Crippen LogP contribution >= 0.6 is 11.8 Å². The smallest absolute Gasteiger partial charge is 0.251 e. The molecule has 24 heavy (non-hydrogen) atoms. The van der Waals surface area contributed by atoms with Crippen LogP contribution in [0.1, 0.15) is 28.4 Å². The van der Waals surface area contributed by atoms with Gasteiger partial charge < -0.3 is 5.32 Å². The van der Waals surface area contributed by atoms with Crippen molar-refractivity contribution < 1.29 is 17.6 Å². The van der Waals surface area contributed by atoms with E-state index in [1.165, 1.54) is 30.3 Å². The van der Waals surface area contributed by atoms with Gasteiger partial charge in [-0.1, -0.05) is 6.07 Å². The summed E-state index contributed by atoms with van der Waals surface area (Å²) in [5, 5.41) is 2.88. The zero-order chi connectivity index (χ0) is 17.3. The number of hydrogen-bond acceptors (Lipinski definition) is 4. The van der Waals surface area contributed by atoms with Crippen LogP contribution in [0.2, 0.25) is 0 Å². The van der Waals surface area contributed by atoms with E-state index in [-0.39, 0.29) is 28.2 Å². The minimum atomic E-state index is -3.38. The van der Waals surface area contributed by atoms with E-state index in [0.29, 0.717) is 6.42 Å². The first-order valence-corrected chi connectivity index (χ1v) is 10.3. The number of halogens is 1. The Morgan fingerprint density at radius 3 is 2.79 bits per heavy atom. The summed E-state index contributed by atoms with van der Waals surface area (Å²) in [5.74, 6) is 0.120. The number of benzene rings is 2. The lowest BCUT2D eigenvalue weighted by molar-refractivity contribution is 0.0934. The van der Waals surface area contributed by atoms with Gasteiger partial charge in [-0.05, 0) is 48.4 Å². The summed E-state index contributed by atoms with van der Waals surface area (Å²) in [6.07, 6.45) is 1.79. The monoisotopic (exact) mass is 365 g/mol. The quantitative estimate of drug-likeness (QED) is 0.907. The molecule has 3 rings (SSSR count). The molecule has 1 aliphatic rings. The average Bonchev–Trinajstić information content (AvgIpc) is 2.55. The third-order valence-corrected chi connectivity index (χ3v) is 6.07. The molecule has 0 saturated carbocycles. The third kappa shape index (κ3) is 3.62.